The van der Waals surface area contributed by atoms with Crippen LogP contribution in [0.2, 0.25) is 0 Å². The summed E-state index contributed by atoms with van der Waals surface area (Å²) in [4.78, 5) is 0. The number of halogens is 1. The molecule has 0 aliphatic carbocycles. The van der Waals surface area contributed by atoms with Crippen LogP contribution in [0.4, 0.5) is 10.1 Å². The molecule has 2 aliphatic heterocycles. The molecule has 0 unspecified atom stereocenters. The standard InChI is InChI=1S/C27H24FNO2/c1-16-15-27(2,3)29-22-10-9-20-21-14-18(28)8-11-23(21)31-24(26(20)25(16)22)13-17-6-5-7-19(12-17)30-4/h5-15,29H,1-4H3/b24-13-. The Morgan fingerprint density at radius 2 is 1.84 bits per heavy atom. The van der Waals surface area contributed by atoms with Crippen LogP contribution in [-0.2, 0) is 0 Å². The Hall–Kier alpha value is -3.53. The van der Waals surface area contributed by atoms with Gasteiger partial charge in [0.05, 0.1) is 12.6 Å². The van der Waals surface area contributed by atoms with Gasteiger partial charge in [-0.2, -0.15) is 0 Å². The fourth-order valence-corrected chi connectivity index (χ4v) is 4.55. The van der Waals surface area contributed by atoms with Gasteiger partial charge in [-0.1, -0.05) is 24.3 Å². The molecule has 0 bridgehead atoms. The van der Waals surface area contributed by atoms with Gasteiger partial charge in [0.1, 0.15) is 23.1 Å². The average Bonchev–Trinajstić information content (AvgIpc) is 2.73. The highest BCUT2D eigenvalue weighted by molar-refractivity contribution is 6.00. The topological polar surface area (TPSA) is 30.5 Å². The maximum atomic E-state index is 14.1. The van der Waals surface area contributed by atoms with E-state index in [1.165, 1.54) is 6.07 Å². The Labute approximate surface area is 181 Å². The van der Waals surface area contributed by atoms with Gasteiger partial charge in [-0.25, -0.2) is 4.39 Å². The van der Waals surface area contributed by atoms with Crippen LogP contribution < -0.4 is 14.8 Å². The van der Waals surface area contributed by atoms with E-state index in [2.05, 4.69) is 44.3 Å². The first kappa shape index (κ1) is 19.4. The summed E-state index contributed by atoms with van der Waals surface area (Å²) in [5.41, 5.74) is 6.80. The van der Waals surface area contributed by atoms with Gasteiger partial charge >= 0.3 is 0 Å². The molecular weight excluding hydrogens is 389 g/mol. The molecule has 0 saturated carbocycles. The van der Waals surface area contributed by atoms with Gasteiger partial charge in [0, 0.05) is 22.4 Å². The summed E-state index contributed by atoms with van der Waals surface area (Å²) < 4.78 is 25.9. The monoisotopic (exact) mass is 413 g/mol. The molecule has 5 rings (SSSR count). The predicted octanol–water partition coefficient (Wildman–Crippen LogP) is 7.00. The molecular formula is C27H24FNO2. The number of allylic oxidation sites excluding steroid dienone is 1. The number of benzene rings is 3. The van der Waals surface area contributed by atoms with Crippen LogP contribution in [0, 0.1) is 5.82 Å². The zero-order valence-corrected chi connectivity index (χ0v) is 18.0. The lowest BCUT2D eigenvalue weighted by molar-refractivity contribution is 0.414. The fourth-order valence-electron chi connectivity index (χ4n) is 4.55. The van der Waals surface area contributed by atoms with Crippen molar-refractivity contribution >= 4 is 23.1 Å². The Morgan fingerprint density at radius 3 is 2.65 bits per heavy atom. The van der Waals surface area contributed by atoms with Gasteiger partial charge in [-0.15, -0.1) is 0 Å². The number of anilines is 1. The summed E-state index contributed by atoms with van der Waals surface area (Å²) in [6, 6.07) is 16.6. The Morgan fingerprint density at radius 1 is 1.00 bits per heavy atom. The molecule has 3 nitrogen and oxygen atoms in total. The lowest BCUT2D eigenvalue weighted by Gasteiger charge is -2.35. The third-order valence-electron chi connectivity index (χ3n) is 5.72. The van der Waals surface area contributed by atoms with Crippen LogP contribution in [0.5, 0.6) is 11.5 Å². The van der Waals surface area contributed by atoms with E-state index in [0.717, 1.165) is 50.6 Å². The van der Waals surface area contributed by atoms with E-state index in [-0.39, 0.29) is 11.4 Å². The summed E-state index contributed by atoms with van der Waals surface area (Å²) in [6.07, 6.45) is 4.24. The number of methoxy groups -OCH3 is 1. The summed E-state index contributed by atoms with van der Waals surface area (Å²) >= 11 is 0. The van der Waals surface area contributed by atoms with Crippen LogP contribution >= 0.6 is 0 Å². The van der Waals surface area contributed by atoms with Crippen molar-refractivity contribution in [1.29, 1.82) is 0 Å². The van der Waals surface area contributed by atoms with Crippen LogP contribution in [-0.4, -0.2) is 12.6 Å². The van der Waals surface area contributed by atoms with E-state index in [0.29, 0.717) is 5.75 Å². The van der Waals surface area contributed by atoms with Crippen molar-refractivity contribution in [3.05, 3.63) is 83.2 Å². The molecule has 0 radical (unpaired) electrons. The van der Waals surface area contributed by atoms with Crippen molar-refractivity contribution in [3.63, 3.8) is 0 Å². The largest absolute Gasteiger partial charge is 0.497 e. The first-order valence-corrected chi connectivity index (χ1v) is 10.3. The van der Waals surface area contributed by atoms with Crippen LogP contribution in [0.15, 0.2) is 60.7 Å². The van der Waals surface area contributed by atoms with Gasteiger partial charge in [0.15, 0.2) is 0 Å². The summed E-state index contributed by atoms with van der Waals surface area (Å²) in [5.74, 6) is 1.88. The highest BCUT2D eigenvalue weighted by Gasteiger charge is 2.31. The average molecular weight is 413 g/mol. The second-order valence-corrected chi connectivity index (χ2v) is 8.61. The van der Waals surface area contributed by atoms with Crippen molar-refractivity contribution in [2.45, 2.75) is 26.3 Å². The molecule has 31 heavy (non-hydrogen) atoms. The minimum absolute atomic E-state index is 0.151. The number of hydrogen-bond acceptors (Lipinski definition) is 3. The van der Waals surface area contributed by atoms with Gasteiger partial charge in [0.25, 0.3) is 0 Å². The number of nitrogens with one attached hydrogen (secondary N) is 1. The van der Waals surface area contributed by atoms with Crippen LogP contribution in [0.1, 0.15) is 37.5 Å². The summed E-state index contributed by atoms with van der Waals surface area (Å²) in [7, 11) is 1.65. The first-order chi connectivity index (χ1) is 14.8. The first-order valence-electron chi connectivity index (χ1n) is 10.3. The minimum atomic E-state index is -0.280. The summed E-state index contributed by atoms with van der Waals surface area (Å²) in [6.45, 7) is 6.41. The number of rotatable bonds is 2. The smallest absolute Gasteiger partial charge is 0.136 e. The number of ether oxygens (including phenoxy) is 2. The van der Waals surface area contributed by atoms with E-state index in [4.69, 9.17) is 9.47 Å². The SMILES string of the molecule is COc1cccc(/C=C2\Oc3ccc(F)cc3-c3ccc4c(c32)C(C)=CC(C)(C)N4)c1. The molecule has 3 aromatic rings. The number of hydrogen-bond donors (Lipinski definition) is 1. The molecule has 1 N–H and O–H groups in total. The second-order valence-electron chi connectivity index (χ2n) is 8.61. The lowest BCUT2D eigenvalue weighted by Crippen LogP contribution is -2.32. The van der Waals surface area contributed by atoms with Gasteiger partial charge in [-0.3, -0.25) is 0 Å². The molecule has 2 heterocycles. The Kier molecular flexibility index (Phi) is 4.40. The second kappa shape index (κ2) is 7.02. The van der Waals surface area contributed by atoms with Gasteiger partial charge in [0.2, 0.25) is 0 Å². The van der Waals surface area contributed by atoms with Gasteiger partial charge < -0.3 is 14.8 Å². The Bertz CT molecular complexity index is 1270. The molecule has 0 fully saturated rings. The van der Waals surface area contributed by atoms with Crippen LogP contribution in [0.25, 0.3) is 28.5 Å². The highest BCUT2D eigenvalue weighted by Crippen LogP contribution is 2.49. The molecule has 0 amide bonds. The van der Waals surface area contributed by atoms with E-state index >= 15 is 0 Å². The van der Waals surface area contributed by atoms with E-state index in [1.54, 1.807) is 19.2 Å². The third kappa shape index (κ3) is 3.38. The predicted molar refractivity (Wildman–Crippen MR) is 125 cm³/mol. The lowest BCUT2D eigenvalue weighted by atomic mass is 9.83. The molecule has 4 heteroatoms. The van der Waals surface area contributed by atoms with Crippen LogP contribution in [0.3, 0.4) is 0 Å². The summed E-state index contributed by atoms with van der Waals surface area (Å²) in [5, 5.41) is 3.60. The van der Waals surface area contributed by atoms with Crippen molar-refractivity contribution in [2.24, 2.45) is 0 Å². The molecule has 2 aliphatic rings. The van der Waals surface area contributed by atoms with Crippen molar-refractivity contribution < 1.29 is 13.9 Å². The molecule has 0 spiro atoms. The molecule has 0 atom stereocenters. The zero-order valence-electron chi connectivity index (χ0n) is 18.0. The maximum absolute atomic E-state index is 14.1. The highest BCUT2D eigenvalue weighted by atomic mass is 19.1. The zero-order chi connectivity index (χ0) is 21.8. The van der Waals surface area contributed by atoms with E-state index < -0.39 is 0 Å². The molecule has 3 aromatic carbocycles. The molecule has 0 aromatic heterocycles. The molecule has 0 saturated heterocycles. The van der Waals surface area contributed by atoms with Crippen molar-refractivity contribution in [2.75, 3.05) is 12.4 Å². The van der Waals surface area contributed by atoms with E-state index in [1.807, 2.05) is 30.3 Å². The molecule has 156 valence electrons. The fraction of sp³-hybridized carbons (Fsp3) is 0.185. The Balaban J connectivity index is 1.78. The van der Waals surface area contributed by atoms with E-state index in [9.17, 15) is 4.39 Å². The normalized spacial score (nSPS) is 16.9. The number of fused-ring (bicyclic) bond motifs is 5. The maximum Gasteiger partial charge on any atom is 0.136 e. The van der Waals surface area contributed by atoms with Gasteiger partial charge in [-0.05, 0) is 79.9 Å². The third-order valence-corrected chi connectivity index (χ3v) is 5.72. The van der Waals surface area contributed by atoms with Crippen molar-refractivity contribution in [3.8, 4) is 22.6 Å². The minimum Gasteiger partial charge on any atom is -0.497 e. The van der Waals surface area contributed by atoms with Crippen molar-refractivity contribution in [1.82, 2.24) is 0 Å². The quantitative estimate of drug-likeness (QED) is 0.491.